The minimum Gasteiger partial charge on any atom is -1.00 e. The van der Waals surface area contributed by atoms with Gasteiger partial charge in [0.05, 0.1) is 0 Å². The molecule has 0 radical (unpaired) electrons. The van der Waals surface area contributed by atoms with Gasteiger partial charge in [-0.05, 0) is 12.8 Å². The second kappa shape index (κ2) is 35.4. The van der Waals surface area contributed by atoms with Gasteiger partial charge in [0.25, 0.3) is 0 Å². The Balaban J connectivity index is 0. The van der Waals surface area contributed by atoms with Gasteiger partial charge in [0.1, 0.15) is 6.54 Å². The summed E-state index contributed by atoms with van der Waals surface area (Å²) in [6.45, 7) is 5.08. The average molecular weight is 607 g/mol. The molecule has 3 N–H and O–H groups in total. The molecule has 0 saturated carbocycles. The Labute approximate surface area is 251 Å². The highest BCUT2D eigenvalue weighted by Crippen LogP contribution is 2.19. The van der Waals surface area contributed by atoms with Gasteiger partial charge in [0, 0.05) is 5.92 Å². The van der Waals surface area contributed by atoms with Crippen molar-refractivity contribution in [1.29, 1.82) is 0 Å². The fraction of sp³-hybridized carbons (Fsp3) is 1.00. The van der Waals surface area contributed by atoms with Crippen molar-refractivity contribution in [2.75, 3.05) is 6.54 Å². The number of halogens is 1. The fourth-order valence-corrected chi connectivity index (χ4v) is 5.86. The smallest absolute Gasteiger partial charge is 0.142 e. The fourth-order valence-electron chi connectivity index (χ4n) is 5.86. The topological polar surface area (TPSA) is 44.9 Å². The van der Waals surface area contributed by atoms with Crippen molar-refractivity contribution >= 4 is 0 Å². The van der Waals surface area contributed by atoms with Crippen LogP contribution in [0.2, 0.25) is 0 Å². The number of rotatable bonds is 32. The molecule has 0 aliphatic rings. The molecule has 0 aliphatic heterocycles. The zero-order valence-electron chi connectivity index (χ0n) is 26.3. The summed E-state index contributed by atoms with van der Waals surface area (Å²) in [6.07, 6.45) is 41.4. The predicted molar refractivity (Wildman–Crippen MR) is 163 cm³/mol. The Morgan fingerprint density at radius 3 is 0.789 bits per heavy atom. The van der Waals surface area contributed by atoms with Crippen molar-refractivity contribution in [3.63, 3.8) is 0 Å². The summed E-state index contributed by atoms with van der Waals surface area (Å²) in [5, 5.41) is 18.5. The number of quaternary nitrogens is 1. The molecule has 0 saturated heterocycles. The Morgan fingerprint density at radius 1 is 0.368 bits per heavy atom. The van der Waals surface area contributed by atoms with Crippen LogP contribution in [0.1, 0.15) is 206 Å². The van der Waals surface area contributed by atoms with E-state index in [1.165, 1.54) is 193 Å². The first kappa shape index (κ1) is 40.5. The molecule has 0 bridgehead atoms. The van der Waals surface area contributed by atoms with Gasteiger partial charge >= 0.3 is 0 Å². The Hall–Kier alpha value is 0.360. The highest BCUT2D eigenvalue weighted by Gasteiger charge is 2.14. The van der Waals surface area contributed by atoms with E-state index in [9.17, 15) is 10.4 Å². The largest absolute Gasteiger partial charge is 1.00 e. The molecular weight excluding hydrogens is 534 g/mol. The molecule has 0 unspecified atom stereocenters. The first-order valence-electron chi connectivity index (χ1n) is 17.4. The molecule has 3 nitrogen and oxygen atoms in total. The Bertz CT molecular complexity index is 376. The molecule has 0 aromatic rings. The van der Waals surface area contributed by atoms with Crippen LogP contribution in [-0.2, 0) is 0 Å². The number of nitrogens with one attached hydrogen (secondary N) is 1. The lowest BCUT2D eigenvalue weighted by Crippen LogP contribution is -3.07. The Kier molecular flexibility index (Phi) is 37.7. The van der Waals surface area contributed by atoms with Gasteiger partial charge < -0.3 is 17.0 Å². The van der Waals surface area contributed by atoms with Crippen LogP contribution >= 0.6 is 0 Å². The van der Waals surface area contributed by atoms with Gasteiger partial charge in [-0.25, -0.2) is 0 Å². The number of hydrogen-bond donors (Lipinski definition) is 3. The van der Waals surface area contributed by atoms with E-state index < -0.39 is 0 Å². The molecule has 0 atom stereocenters. The van der Waals surface area contributed by atoms with Crippen molar-refractivity contribution in [2.45, 2.75) is 206 Å². The molecule has 0 rings (SSSR count). The van der Waals surface area contributed by atoms with Crippen molar-refractivity contribution in [3.8, 4) is 0 Å². The molecule has 0 aliphatic carbocycles. The third-order valence-corrected chi connectivity index (χ3v) is 8.40. The summed E-state index contributed by atoms with van der Waals surface area (Å²) in [5.41, 5.74) is 0. The lowest BCUT2D eigenvalue weighted by molar-refractivity contribution is -1.24. The Morgan fingerprint density at radius 2 is 0.579 bits per heavy atom. The van der Waals surface area contributed by atoms with Gasteiger partial charge in [0.2, 0.25) is 0 Å². The predicted octanol–water partition coefficient (Wildman–Crippen LogP) is 8.01. The lowest BCUT2D eigenvalue weighted by Gasteiger charge is -2.16. The van der Waals surface area contributed by atoms with Crippen LogP contribution in [0.15, 0.2) is 0 Å². The minimum absolute atomic E-state index is 0. The summed E-state index contributed by atoms with van der Waals surface area (Å²) in [6, 6.07) is 0. The molecule has 0 amide bonds. The van der Waals surface area contributed by atoms with E-state index >= 15 is 0 Å². The molecule has 0 aromatic carbocycles. The van der Waals surface area contributed by atoms with Crippen LogP contribution in [0.25, 0.3) is 0 Å². The summed E-state index contributed by atoms with van der Waals surface area (Å²) >= 11 is 0. The van der Waals surface area contributed by atoms with E-state index in [1.807, 2.05) is 0 Å². The molecule has 0 fully saturated rings. The van der Waals surface area contributed by atoms with Gasteiger partial charge in [-0.1, -0.05) is 199 Å². The van der Waals surface area contributed by atoms with Crippen LogP contribution in [-0.4, -0.2) is 17.0 Å². The third kappa shape index (κ3) is 34.4. The van der Waals surface area contributed by atoms with Crippen LogP contribution in [0.5, 0.6) is 0 Å². The first-order chi connectivity index (χ1) is 18.2. The van der Waals surface area contributed by atoms with E-state index in [0.29, 0.717) is 12.5 Å². The molecule has 4 heteroatoms. The SMILES string of the molecule is CCCCCCCCCCCCCCCCC(CCCCCCCCCCCCCCCC)C[NH+](O)O.[Br-]. The van der Waals surface area contributed by atoms with Crippen LogP contribution in [0.3, 0.4) is 0 Å². The molecule has 232 valence electrons. The maximum Gasteiger partial charge on any atom is 0.142 e. The zero-order valence-corrected chi connectivity index (χ0v) is 27.9. The van der Waals surface area contributed by atoms with Gasteiger partial charge in [-0.15, -0.1) is 0 Å². The van der Waals surface area contributed by atoms with Crippen LogP contribution in [0, 0.1) is 5.92 Å². The normalized spacial score (nSPS) is 11.5. The van der Waals surface area contributed by atoms with E-state index in [-0.39, 0.29) is 22.2 Å². The van der Waals surface area contributed by atoms with E-state index in [4.69, 9.17) is 0 Å². The molecule has 0 spiro atoms. The standard InChI is InChI=1S/C34H71NO2.BrH/c1-3-5-7-9-11-13-15-17-19-21-23-25-27-29-31-34(33-35(36)37)32-30-28-26-24-22-20-18-16-14-12-10-8-6-4-2;/h34,36-37H,3-33H2,1-2H3;1H. The van der Waals surface area contributed by atoms with Crippen LogP contribution in [0.4, 0.5) is 0 Å². The van der Waals surface area contributed by atoms with Crippen molar-refractivity contribution < 1.29 is 32.6 Å². The second-order valence-corrected chi connectivity index (χ2v) is 12.3. The van der Waals surface area contributed by atoms with Crippen molar-refractivity contribution in [1.82, 2.24) is 0 Å². The quantitative estimate of drug-likeness (QED) is 0.0537. The molecular formula is C34H72BrNO2. The summed E-state index contributed by atoms with van der Waals surface area (Å²) < 4.78 is 0. The number of unbranched alkanes of at least 4 members (excludes halogenated alkanes) is 26. The van der Waals surface area contributed by atoms with Gasteiger partial charge in [-0.3, -0.25) is 0 Å². The maximum atomic E-state index is 9.43. The second-order valence-electron chi connectivity index (χ2n) is 12.3. The molecule has 0 heterocycles. The van der Waals surface area contributed by atoms with E-state index in [2.05, 4.69) is 13.8 Å². The highest BCUT2D eigenvalue weighted by molar-refractivity contribution is 4.60. The number of hydrogen-bond acceptors (Lipinski definition) is 2. The van der Waals surface area contributed by atoms with Crippen molar-refractivity contribution in [2.24, 2.45) is 5.92 Å². The molecule has 38 heavy (non-hydrogen) atoms. The molecule has 0 aromatic heterocycles. The van der Waals surface area contributed by atoms with Crippen LogP contribution < -0.4 is 22.2 Å². The highest BCUT2D eigenvalue weighted by atomic mass is 79.9. The number of hydroxylamine groups is 2. The summed E-state index contributed by atoms with van der Waals surface area (Å²) in [7, 11) is 0. The first-order valence-corrected chi connectivity index (χ1v) is 17.4. The van der Waals surface area contributed by atoms with Gasteiger partial charge in [-0.2, -0.15) is 10.4 Å². The average Bonchev–Trinajstić information content (AvgIpc) is 2.88. The third-order valence-electron chi connectivity index (χ3n) is 8.40. The lowest BCUT2D eigenvalue weighted by atomic mass is 9.94. The monoisotopic (exact) mass is 605 g/mol. The van der Waals surface area contributed by atoms with E-state index in [0.717, 1.165) is 0 Å². The van der Waals surface area contributed by atoms with Gasteiger partial charge in [0.15, 0.2) is 0 Å². The van der Waals surface area contributed by atoms with Crippen molar-refractivity contribution in [3.05, 3.63) is 0 Å². The summed E-state index contributed by atoms with van der Waals surface area (Å²) in [5.74, 6) is 0.472. The summed E-state index contributed by atoms with van der Waals surface area (Å²) in [4.78, 5) is 0. The minimum atomic E-state index is -0.347. The van der Waals surface area contributed by atoms with E-state index in [1.54, 1.807) is 0 Å². The zero-order chi connectivity index (χ0) is 27.1. The maximum absolute atomic E-state index is 9.43.